The number of benzene rings is 3. The molecule has 0 radical (unpaired) electrons. The molecule has 0 saturated carbocycles. The van der Waals surface area contributed by atoms with E-state index in [1.807, 2.05) is 57.2 Å². The number of carbonyl (C=O) groups is 1. The number of alkyl halides is 1. The van der Waals surface area contributed by atoms with Gasteiger partial charge < -0.3 is 20.3 Å². The number of anilines is 2. The number of amides is 1. The van der Waals surface area contributed by atoms with E-state index in [0.29, 0.717) is 11.3 Å². The van der Waals surface area contributed by atoms with E-state index in [1.165, 1.54) is 17.8 Å². The summed E-state index contributed by atoms with van der Waals surface area (Å²) >= 11 is 6.33. The number of hydrogen-bond donors (Lipinski definition) is 3. The third kappa shape index (κ3) is 6.12. The molecule has 4 aromatic rings. The third-order valence-electron chi connectivity index (χ3n) is 6.73. The number of aliphatic hydroxyl groups is 1. The largest absolute Gasteiger partial charge is 0.374 e. The van der Waals surface area contributed by atoms with Crippen LogP contribution in [0, 0.1) is 20.8 Å². The minimum atomic E-state index is -1.77. The first-order valence-electron chi connectivity index (χ1n) is 12.9. The summed E-state index contributed by atoms with van der Waals surface area (Å²) in [6.07, 6.45) is 3.20. The maximum absolute atomic E-state index is 13.4. The number of rotatable bonds is 9. The molecule has 1 heterocycles. The monoisotopic (exact) mass is 529 g/mol. The van der Waals surface area contributed by atoms with Crippen LogP contribution in [0.15, 0.2) is 73.4 Å². The molecule has 0 fully saturated rings. The Labute approximate surface area is 230 Å². The van der Waals surface area contributed by atoms with Gasteiger partial charge in [-0.05, 0) is 81.6 Å². The molecule has 4 rings (SSSR count). The molecule has 0 spiro atoms. The van der Waals surface area contributed by atoms with Gasteiger partial charge in [-0.2, -0.15) is 0 Å². The lowest BCUT2D eigenvalue weighted by atomic mass is 9.90. The van der Waals surface area contributed by atoms with E-state index < -0.39 is 11.0 Å². The fourth-order valence-corrected chi connectivity index (χ4v) is 5.29. The van der Waals surface area contributed by atoms with Crippen molar-refractivity contribution in [2.75, 3.05) is 10.6 Å². The Morgan fingerprint density at radius 2 is 1.66 bits per heavy atom. The van der Waals surface area contributed by atoms with Gasteiger partial charge >= 0.3 is 0 Å². The van der Waals surface area contributed by atoms with Crippen LogP contribution in [0.25, 0.3) is 16.6 Å². The zero-order valence-corrected chi connectivity index (χ0v) is 23.5. The van der Waals surface area contributed by atoms with Crippen molar-refractivity contribution < 1.29 is 9.90 Å². The minimum absolute atomic E-state index is 0.384. The zero-order valence-electron chi connectivity index (χ0n) is 22.7. The van der Waals surface area contributed by atoms with Gasteiger partial charge in [0.2, 0.25) is 5.91 Å². The van der Waals surface area contributed by atoms with Gasteiger partial charge in [-0.3, -0.25) is 4.79 Å². The van der Waals surface area contributed by atoms with Crippen LogP contribution in [0.1, 0.15) is 54.0 Å². The molecule has 3 N–H and O–H groups in total. The zero-order chi connectivity index (χ0) is 27.6. The number of aromatic nitrogens is 1. The van der Waals surface area contributed by atoms with E-state index in [1.54, 1.807) is 0 Å². The standard InChI is InChI=1S/C32H36ClN3O2/c1-7-13-36-14-12-24-18-26(10-11-29(24)36)34-23(5)28-19-27(9-8-22(28)4)35-31(37)30(32(6,33)38)25-16-20(2)15-21(3)17-25/h8-12,14-19,30,34,38H,5,7,13H2,1-4,6H3,(H,35,37). The molecule has 2 atom stereocenters. The Morgan fingerprint density at radius 1 is 1.00 bits per heavy atom. The molecular weight excluding hydrogens is 494 g/mol. The Hall–Kier alpha value is -3.54. The maximum Gasteiger partial charge on any atom is 0.236 e. The number of aryl methyl sites for hydroxylation is 4. The van der Waals surface area contributed by atoms with Crippen molar-refractivity contribution in [3.63, 3.8) is 0 Å². The van der Waals surface area contributed by atoms with Crippen LogP contribution in [-0.2, 0) is 11.3 Å². The molecule has 0 bridgehead atoms. The van der Waals surface area contributed by atoms with Gasteiger partial charge in [0, 0.05) is 46.3 Å². The molecule has 38 heavy (non-hydrogen) atoms. The van der Waals surface area contributed by atoms with Crippen molar-refractivity contribution in [1.29, 1.82) is 0 Å². The van der Waals surface area contributed by atoms with Crippen LogP contribution in [0.3, 0.4) is 0 Å². The molecule has 0 saturated heterocycles. The summed E-state index contributed by atoms with van der Waals surface area (Å²) in [5.74, 6) is -1.34. The van der Waals surface area contributed by atoms with E-state index in [9.17, 15) is 9.90 Å². The normalized spacial score (nSPS) is 13.7. The second-order valence-corrected chi connectivity index (χ2v) is 11.0. The molecular formula is C32H36ClN3O2. The molecule has 0 aliphatic heterocycles. The van der Waals surface area contributed by atoms with Crippen LogP contribution < -0.4 is 10.6 Å². The highest BCUT2D eigenvalue weighted by Crippen LogP contribution is 2.34. The number of hydrogen-bond acceptors (Lipinski definition) is 3. The van der Waals surface area contributed by atoms with E-state index in [-0.39, 0.29) is 5.91 Å². The Morgan fingerprint density at radius 3 is 2.32 bits per heavy atom. The first-order valence-corrected chi connectivity index (χ1v) is 13.3. The summed E-state index contributed by atoms with van der Waals surface area (Å²) in [5.41, 5.74) is 8.04. The number of nitrogens with one attached hydrogen (secondary N) is 2. The average Bonchev–Trinajstić information content (AvgIpc) is 3.21. The summed E-state index contributed by atoms with van der Waals surface area (Å²) in [4.78, 5) is 13.4. The lowest BCUT2D eigenvalue weighted by Gasteiger charge is -2.27. The predicted molar refractivity (Wildman–Crippen MR) is 160 cm³/mol. The van der Waals surface area contributed by atoms with Crippen molar-refractivity contribution in [2.24, 2.45) is 0 Å². The summed E-state index contributed by atoms with van der Waals surface area (Å²) in [7, 11) is 0. The van der Waals surface area contributed by atoms with Crippen LogP contribution in [0.4, 0.5) is 11.4 Å². The summed E-state index contributed by atoms with van der Waals surface area (Å²) < 4.78 is 2.26. The number of carbonyl (C=O) groups excluding carboxylic acids is 1. The second kappa shape index (κ2) is 11.1. The topological polar surface area (TPSA) is 66.3 Å². The Kier molecular flexibility index (Phi) is 8.00. The lowest BCUT2D eigenvalue weighted by molar-refractivity contribution is -0.120. The summed E-state index contributed by atoms with van der Waals surface area (Å²) in [5, 5.41) is 16.5. The lowest BCUT2D eigenvalue weighted by Crippen LogP contribution is -2.36. The smallest absolute Gasteiger partial charge is 0.236 e. The molecule has 3 aromatic carbocycles. The van der Waals surface area contributed by atoms with Gasteiger partial charge in [0.15, 0.2) is 5.06 Å². The third-order valence-corrected chi connectivity index (χ3v) is 6.95. The molecule has 1 amide bonds. The van der Waals surface area contributed by atoms with Crippen LogP contribution >= 0.6 is 11.6 Å². The predicted octanol–water partition coefficient (Wildman–Crippen LogP) is 7.73. The number of nitrogens with zero attached hydrogens (tertiary/aromatic N) is 1. The van der Waals surface area contributed by atoms with Gasteiger partial charge in [0.1, 0.15) is 5.92 Å². The van der Waals surface area contributed by atoms with E-state index >= 15 is 0 Å². The minimum Gasteiger partial charge on any atom is -0.374 e. The Balaban J connectivity index is 1.56. The van der Waals surface area contributed by atoms with Crippen molar-refractivity contribution in [3.05, 3.63) is 101 Å². The first kappa shape index (κ1) is 27.5. The van der Waals surface area contributed by atoms with Gasteiger partial charge in [0.25, 0.3) is 0 Å². The van der Waals surface area contributed by atoms with Gasteiger partial charge in [-0.1, -0.05) is 60.5 Å². The van der Waals surface area contributed by atoms with Crippen LogP contribution in [-0.4, -0.2) is 20.6 Å². The molecule has 0 aliphatic carbocycles. The van der Waals surface area contributed by atoms with E-state index in [0.717, 1.165) is 46.6 Å². The van der Waals surface area contributed by atoms with Crippen molar-refractivity contribution in [3.8, 4) is 0 Å². The first-order chi connectivity index (χ1) is 18.0. The fourth-order valence-electron chi connectivity index (χ4n) is 5.07. The number of halogens is 1. The highest BCUT2D eigenvalue weighted by atomic mass is 35.5. The quantitative estimate of drug-likeness (QED) is 0.194. The average molecular weight is 530 g/mol. The van der Waals surface area contributed by atoms with Crippen LogP contribution in [0.5, 0.6) is 0 Å². The SMILES string of the molecule is C=C(Nc1ccc2c(ccn2CCC)c1)c1cc(NC(=O)C(c2cc(C)cc(C)c2)C(C)(O)Cl)ccc1C. The molecule has 6 heteroatoms. The molecule has 0 aliphatic rings. The van der Waals surface area contributed by atoms with E-state index in [4.69, 9.17) is 11.6 Å². The van der Waals surface area contributed by atoms with Crippen molar-refractivity contribution in [1.82, 2.24) is 4.57 Å². The van der Waals surface area contributed by atoms with Crippen molar-refractivity contribution in [2.45, 2.75) is 58.6 Å². The molecule has 198 valence electrons. The highest BCUT2D eigenvalue weighted by Gasteiger charge is 2.37. The number of fused-ring (bicyclic) bond motifs is 1. The second-order valence-electron chi connectivity index (χ2n) is 10.3. The molecule has 5 nitrogen and oxygen atoms in total. The van der Waals surface area contributed by atoms with Gasteiger partial charge in [0.05, 0.1) is 0 Å². The van der Waals surface area contributed by atoms with Crippen molar-refractivity contribution >= 4 is 45.5 Å². The molecule has 2 unspecified atom stereocenters. The van der Waals surface area contributed by atoms with Crippen LogP contribution in [0.2, 0.25) is 0 Å². The molecule has 1 aromatic heterocycles. The Bertz CT molecular complexity index is 1480. The summed E-state index contributed by atoms with van der Waals surface area (Å²) in [6, 6.07) is 19.9. The fraction of sp³-hybridized carbons (Fsp3) is 0.281. The van der Waals surface area contributed by atoms with Gasteiger partial charge in [-0.25, -0.2) is 0 Å². The summed E-state index contributed by atoms with van der Waals surface area (Å²) in [6.45, 7) is 14.8. The highest BCUT2D eigenvalue weighted by molar-refractivity contribution is 6.25. The van der Waals surface area contributed by atoms with E-state index in [2.05, 4.69) is 59.2 Å². The maximum atomic E-state index is 13.4. The van der Waals surface area contributed by atoms with Gasteiger partial charge in [-0.15, -0.1) is 0 Å².